The second kappa shape index (κ2) is 6.52. The van der Waals surface area contributed by atoms with Crippen LogP contribution in [0.15, 0.2) is 30.6 Å². The highest BCUT2D eigenvalue weighted by atomic mass is 19.1. The molecule has 1 N–H and O–H groups in total. The molecule has 1 aromatic heterocycles. The van der Waals surface area contributed by atoms with Gasteiger partial charge in [0, 0.05) is 18.2 Å². The van der Waals surface area contributed by atoms with Crippen LogP contribution in [0.1, 0.15) is 31.9 Å². The van der Waals surface area contributed by atoms with E-state index >= 15 is 0 Å². The van der Waals surface area contributed by atoms with Gasteiger partial charge in [-0.05, 0) is 26.5 Å². The Morgan fingerprint density at radius 2 is 2.25 bits per heavy atom. The molecule has 20 heavy (non-hydrogen) atoms. The monoisotopic (exact) mass is 277 g/mol. The first-order valence-corrected chi connectivity index (χ1v) is 6.81. The number of aromatic nitrogens is 2. The molecule has 0 bridgehead atoms. The summed E-state index contributed by atoms with van der Waals surface area (Å²) in [5.41, 5.74) is 0.788. The van der Waals surface area contributed by atoms with Gasteiger partial charge in [0.25, 0.3) is 0 Å². The van der Waals surface area contributed by atoms with Crippen molar-refractivity contribution in [3.05, 3.63) is 42.0 Å². The first-order valence-electron chi connectivity index (χ1n) is 6.81. The maximum atomic E-state index is 14.0. The number of benzene rings is 1. The van der Waals surface area contributed by atoms with Crippen molar-refractivity contribution >= 4 is 0 Å². The Morgan fingerprint density at radius 1 is 1.45 bits per heavy atom. The van der Waals surface area contributed by atoms with Crippen LogP contribution in [0, 0.1) is 5.82 Å². The van der Waals surface area contributed by atoms with Crippen molar-refractivity contribution in [1.82, 2.24) is 15.1 Å². The maximum Gasteiger partial charge on any atom is 0.167 e. The maximum absolute atomic E-state index is 14.0. The second-order valence-corrected chi connectivity index (χ2v) is 4.71. The Balaban J connectivity index is 2.27. The fraction of sp³-hybridized carbons (Fsp3) is 0.400. The largest absolute Gasteiger partial charge is 0.451 e. The standard InChI is InChI=1S/C15H20FN3O/c1-4-8-19-10-12(9-18-19)20-15-13(11(2)17-3)6-5-7-14(15)16/h5-7,9-11,17H,4,8H2,1-3H3. The van der Waals surface area contributed by atoms with Crippen molar-refractivity contribution in [3.8, 4) is 11.5 Å². The Labute approximate surface area is 118 Å². The molecule has 0 saturated carbocycles. The van der Waals surface area contributed by atoms with Crippen LogP contribution in [0.5, 0.6) is 11.5 Å². The molecule has 0 amide bonds. The van der Waals surface area contributed by atoms with Gasteiger partial charge in [0.05, 0.1) is 12.4 Å². The van der Waals surface area contributed by atoms with Gasteiger partial charge in [-0.25, -0.2) is 4.39 Å². The van der Waals surface area contributed by atoms with E-state index in [1.165, 1.54) is 6.07 Å². The SMILES string of the molecule is CCCn1cc(Oc2c(F)cccc2C(C)NC)cn1. The van der Waals surface area contributed by atoms with Crippen LogP contribution in [-0.2, 0) is 6.54 Å². The number of nitrogens with one attached hydrogen (secondary N) is 1. The number of para-hydroxylation sites is 1. The molecule has 2 rings (SSSR count). The van der Waals surface area contributed by atoms with Crippen molar-refractivity contribution in [3.63, 3.8) is 0 Å². The van der Waals surface area contributed by atoms with E-state index in [2.05, 4.69) is 17.3 Å². The fourth-order valence-corrected chi connectivity index (χ4v) is 2.00. The van der Waals surface area contributed by atoms with E-state index in [1.54, 1.807) is 23.1 Å². The predicted octanol–water partition coefficient (Wildman–Crippen LogP) is 3.50. The Morgan fingerprint density at radius 3 is 2.95 bits per heavy atom. The van der Waals surface area contributed by atoms with Crippen molar-refractivity contribution in [2.45, 2.75) is 32.9 Å². The number of nitrogens with zero attached hydrogens (tertiary/aromatic N) is 2. The average molecular weight is 277 g/mol. The second-order valence-electron chi connectivity index (χ2n) is 4.71. The highest BCUT2D eigenvalue weighted by molar-refractivity contribution is 5.40. The lowest BCUT2D eigenvalue weighted by atomic mass is 10.1. The molecule has 1 aromatic carbocycles. The van der Waals surface area contributed by atoms with Crippen LogP contribution in [0.25, 0.3) is 0 Å². The number of rotatable bonds is 6. The van der Waals surface area contributed by atoms with Gasteiger partial charge in [0.15, 0.2) is 17.3 Å². The molecule has 4 nitrogen and oxygen atoms in total. The predicted molar refractivity (Wildman–Crippen MR) is 76.5 cm³/mol. The zero-order valence-electron chi connectivity index (χ0n) is 12.1. The number of aryl methyl sites for hydroxylation is 1. The smallest absolute Gasteiger partial charge is 0.167 e. The summed E-state index contributed by atoms with van der Waals surface area (Å²) in [5, 5.41) is 7.27. The van der Waals surface area contributed by atoms with Crippen molar-refractivity contribution < 1.29 is 9.13 Å². The van der Waals surface area contributed by atoms with Crippen LogP contribution in [-0.4, -0.2) is 16.8 Å². The summed E-state index contributed by atoms with van der Waals surface area (Å²) < 4.78 is 21.5. The van der Waals surface area contributed by atoms with E-state index in [0.29, 0.717) is 5.75 Å². The van der Waals surface area contributed by atoms with Crippen LogP contribution in [0.2, 0.25) is 0 Å². The van der Waals surface area contributed by atoms with Crippen molar-refractivity contribution in [2.75, 3.05) is 7.05 Å². The van der Waals surface area contributed by atoms with E-state index in [9.17, 15) is 4.39 Å². The molecule has 0 radical (unpaired) electrons. The third kappa shape index (κ3) is 3.17. The first-order chi connectivity index (χ1) is 9.65. The summed E-state index contributed by atoms with van der Waals surface area (Å²) in [6, 6.07) is 4.95. The normalized spacial score (nSPS) is 12.4. The summed E-state index contributed by atoms with van der Waals surface area (Å²) in [7, 11) is 1.83. The van der Waals surface area contributed by atoms with Gasteiger partial charge in [-0.1, -0.05) is 19.1 Å². The molecule has 0 spiro atoms. The molecule has 1 atom stereocenters. The quantitative estimate of drug-likeness (QED) is 0.878. The summed E-state index contributed by atoms with van der Waals surface area (Å²) in [5.74, 6) is 0.436. The molecule has 0 fully saturated rings. The lowest BCUT2D eigenvalue weighted by molar-refractivity contribution is 0.427. The minimum absolute atomic E-state index is 0.00591. The molecule has 5 heteroatoms. The van der Waals surface area contributed by atoms with E-state index in [1.807, 2.05) is 20.0 Å². The summed E-state index contributed by atoms with van der Waals surface area (Å²) in [6.45, 7) is 4.86. The first kappa shape index (κ1) is 14.5. The van der Waals surface area contributed by atoms with Crippen LogP contribution in [0.4, 0.5) is 4.39 Å². The van der Waals surface area contributed by atoms with E-state index in [4.69, 9.17) is 4.74 Å². The molecule has 108 valence electrons. The Kier molecular flexibility index (Phi) is 4.74. The van der Waals surface area contributed by atoms with Crippen molar-refractivity contribution in [2.24, 2.45) is 0 Å². The molecular formula is C15H20FN3O. The molecule has 0 saturated heterocycles. The van der Waals surface area contributed by atoms with E-state index in [-0.39, 0.29) is 17.6 Å². The summed E-state index contributed by atoms with van der Waals surface area (Å²) in [4.78, 5) is 0. The lowest BCUT2D eigenvalue weighted by Crippen LogP contribution is -2.13. The van der Waals surface area contributed by atoms with Crippen LogP contribution in [0.3, 0.4) is 0 Å². The number of hydrogen-bond donors (Lipinski definition) is 1. The minimum Gasteiger partial charge on any atom is -0.451 e. The Hall–Kier alpha value is -1.88. The fourth-order valence-electron chi connectivity index (χ4n) is 2.00. The van der Waals surface area contributed by atoms with Gasteiger partial charge < -0.3 is 10.1 Å². The van der Waals surface area contributed by atoms with Gasteiger partial charge in [0.2, 0.25) is 0 Å². The lowest BCUT2D eigenvalue weighted by Gasteiger charge is -2.16. The summed E-state index contributed by atoms with van der Waals surface area (Å²) >= 11 is 0. The summed E-state index contributed by atoms with van der Waals surface area (Å²) in [6.07, 6.45) is 4.38. The third-order valence-corrected chi connectivity index (χ3v) is 3.18. The molecule has 0 aliphatic rings. The minimum atomic E-state index is -0.368. The van der Waals surface area contributed by atoms with Gasteiger partial charge >= 0.3 is 0 Å². The average Bonchev–Trinajstić information content (AvgIpc) is 2.88. The van der Waals surface area contributed by atoms with Gasteiger partial charge in [0.1, 0.15) is 0 Å². The number of hydrogen-bond acceptors (Lipinski definition) is 3. The molecule has 1 unspecified atom stereocenters. The zero-order chi connectivity index (χ0) is 14.5. The molecule has 0 aliphatic heterocycles. The van der Waals surface area contributed by atoms with Gasteiger partial charge in [-0.3, -0.25) is 4.68 Å². The highest BCUT2D eigenvalue weighted by Gasteiger charge is 2.15. The topological polar surface area (TPSA) is 39.1 Å². The number of halogens is 1. The van der Waals surface area contributed by atoms with Gasteiger partial charge in [-0.2, -0.15) is 5.10 Å². The third-order valence-electron chi connectivity index (χ3n) is 3.18. The number of ether oxygens (including phenoxy) is 1. The zero-order valence-corrected chi connectivity index (χ0v) is 12.1. The highest BCUT2D eigenvalue weighted by Crippen LogP contribution is 2.31. The molecule has 2 aromatic rings. The Bertz CT molecular complexity index is 568. The van der Waals surface area contributed by atoms with Gasteiger partial charge in [-0.15, -0.1) is 0 Å². The van der Waals surface area contributed by atoms with E-state index in [0.717, 1.165) is 18.5 Å². The van der Waals surface area contributed by atoms with Crippen LogP contribution >= 0.6 is 0 Å². The van der Waals surface area contributed by atoms with Crippen molar-refractivity contribution in [1.29, 1.82) is 0 Å². The molecule has 0 aliphatic carbocycles. The molecule has 1 heterocycles. The van der Waals surface area contributed by atoms with Crippen LogP contribution < -0.4 is 10.1 Å². The molecular weight excluding hydrogens is 257 g/mol. The van der Waals surface area contributed by atoms with E-state index < -0.39 is 0 Å².